The second kappa shape index (κ2) is 5.11. The molecule has 0 atom stereocenters. The van der Waals surface area contributed by atoms with Crippen molar-refractivity contribution in [1.29, 1.82) is 0 Å². The van der Waals surface area contributed by atoms with Gasteiger partial charge in [0.05, 0.1) is 17.6 Å². The summed E-state index contributed by atoms with van der Waals surface area (Å²) in [5.41, 5.74) is -0.0119. The Morgan fingerprint density at radius 3 is 2.75 bits per heavy atom. The van der Waals surface area contributed by atoms with Gasteiger partial charge in [0, 0.05) is 6.92 Å². The average Bonchev–Trinajstić information content (AvgIpc) is 2.19. The predicted octanol–water partition coefficient (Wildman–Crippen LogP) is 1.95. The Labute approximate surface area is 92.4 Å². The number of rotatable bonds is 4. The van der Waals surface area contributed by atoms with E-state index in [0.29, 0.717) is 12.4 Å². The minimum absolute atomic E-state index is 0.168. The third-order valence-electron chi connectivity index (χ3n) is 1.79. The quantitative estimate of drug-likeness (QED) is 0.626. The second-order valence-corrected chi connectivity index (χ2v) is 3.05. The number of nitro benzene ring substituents is 1. The number of benzene rings is 1. The van der Waals surface area contributed by atoms with Gasteiger partial charge in [0.15, 0.2) is 0 Å². The maximum absolute atomic E-state index is 10.8. The van der Waals surface area contributed by atoms with Crippen LogP contribution in [0.15, 0.2) is 18.2 Å². The van der Waals surface area contributed by atoms with Crippen molar-refractivity contribution in [1.82, 2.24) is 0 Å². The number of ether oxygens (including phenoxy) is 1. The Morgan fingerprint density at radius 2 is 2.25 bits per heavy atom. The lowest BCUT2D eigenvalue weighted by atomic mass is 10.2. The molecule has 6 nitrogen and oxygen atoms in total. The number of nitrogens with zero attached hydrogens (tertiary/aromatic N) is 1. The topological polar surface area (TPSA) is 81.5 Å². The fraction of sp³-hybridized carbons (Fsp3) is 0.300. The first-order chi connectivity index (χ1) is 7.54. The van der Waals surface area contributed by atoms with Gasteiger partial charge in [-0.1, -0.05) is 0 Å². The highest BCUT2D eigenvalue weighted by molar-refractivity contribution is 5.91. The van der Waals surface area contributed by atoms with E-state index in [4.69, 9.17) is 4.74 Å². The van der Waals surface area contributed by atoms with Gasteiger partial charge in [-0.2, -0.15) is 0 Å². The standard InChI is InChI=1S/C10H12N2O4/c1-3-16-8-4-5-9(11-7(2)13)10(6-8)12(14)15/h4-6H,3H2,1-2H3,(H,11,13). The van der Waals surface area contributed by atoms with Gasteiger partial charge in [-0.25, -0.2) is 0 Å². The molecule has 0 aromatic heterocycles. The lowest BCUT2D eigenvalue weighted by molar-refractivity contribution is -0.384. The zero-order valence-electron chi connectivity index (χ0n) is 9.02. The number of amides is 1. The predicted molar refractivity (Wildman–Crippen MR) is 58.6 cm³/mol. The first kappa shape index (κ1) is 12.0. The Morgan fingerprint density at radius 1 is 1.56 bits per heavy atom. The van der Waals surface area contributed by atoms with Crippen LogP contribution in [-0.4, -0.2) is 17.4 Å². The van der Waals surface area contributed by atoms with Crippen molar-refractivity contribution in [2.24, 2.45) is 0 Å². The van der Waals surface area contributed by atoms with Crippen LogP contribution in [0.3, 0.4) is 0 Å². The van der Waals surface area contributed by atoms with E-state index in [9.17, 15) is 14.9 Å². The van der Waals surface area contributed by atoms with Crippen LogP contribution in [0.25, 0.3) is 0 Å². The van der Waals surface area contributed by atoms with Gasteiger partial charge in [0.1, 0.15) is 11.4 Å². The molecule has 0 aliphatic heterocycles. The molecule has 16 heavy (non-hydrogen) atoms. The van der Waals surface area contributed by atoms with Crippen molar-refractivity contribution in [3.63, 3.8) is 0 Å². The van der Waals surface area contributed by atoms with Crippen molar-refractivity contribution in [2.45, 2.75) is 13.8 Å². The molecule has 1 amide bonds. The number of anilines is 1. The lowest BCUT2D eigenvalue weighted by Crippen LogP contribution is -2.08. The van der Waals surface area contributed by atoms with Crippen LogP contribution in [0.2, 0.25) is 0 Å². The molecule has 0 bridgehead atoms. The zero-order chi connectivity index (χ0) is 12.1. The number of carbonyl (C=O) groups is 1. The molecular formula is C10H12N2O4. The van der Waals surface area contributed by atoms with Crippen LogP contribution >= 0.6 is 0 Å². The molecule has 1 aromatic carbocycles. The Hall–Kier alpha value is -2.11. The molecule has 1 aromatic rings. The highest BCUT2D eigenvalue weighted by Gasteiger charge is 2.15. The lowest BCUT2D eigenvalue weighted by Gasteiger charge is -2.06. The van der Waals surface area contributed by atoms with Crippen molar-refractivity contribution < 1.29 is 14.5 Å². The summed E-state index contributed by atoms with van der Waals surface area (Å²) >= 11 is 0. The van der Waals surface area contributed by atoms with E-state index in [-0.39, 0.29) is 17.3 Å². The molecule has 1 rings (SSSR count). The molecule has 1 N–H and O–H groups in total. The summed E-state index contributed by atoms with van der Waals surface area (Å²) in [4.78, 5) is 21.0. The van der Waals surface area contributed by atoms with Gasteiger partial charge in [0.25, 0.3) is 5.69 Å². The second-order valence-electron chi connectivity index (χ2n) is 3.05. The van der Waals surface area contributed by atoms with E-state index >= 15 is 0 Å². The van der Waals surface area contributed by atoms with Crippen molar-refractivity contribution in [3.8, 4) is 5.75 Å². The van der Waals surface area contributed by atoms with Gasteiger partial charge in [-0.05, 0) is 19.1 Å². The molecule has 0 radical (unpaired) electrons. The summed E-state index contributed by atoms with van der Waals surface area (Å²) in [6.45, 7) is 3.50. The molecule has 0 spiro atoms. The van der Waals surface area contributed by atoms with Gasteiger partial charge in [-0.3, -0.25) is 14.9 Å². The summed E-state index contributed by atoms with van der Waals surface area (Å²) in [6.07, 6.45) is 0. The van der Waals surface area contributed by atoms with Gasteiger partial charge >= 0.3 is 0 Å². The van der Waals surface area contributed by atoms with Crippen LogP contribution < -0.4 is 10.1 Å². The Bertz CT molecular complexity index is 417. The van der Waals surface area contributed by atoms with E-state index in [1.54, 1.807) is 13.0 Å². The van der Waals surface area contributed by atoms with E-state index in [2.05, 4.69) is 5.32 Å². The van der Waals surface area contributed by atoms with Crippen LogP contribution in [0.5, 0.6) is 5.75 Å². The molecule has 0 aliphatic rings. The molecule has 0 saturated heterocycles. The monoisotopic (exact) mass is 224 g/mol. The van der Waals surface area contributed by atoms with Crippen LogP contribution in [0, 0.1) is 10.1 Å². The summed E-state index contributed by atoms with van der Waals surface area (Å²) in [5, 5.41) is 13.1. The van der Waals surface area contributed by atoms with E-state index in [1.165, 1.54) is 19.1 Å². The Balaban J connectivity index is 3.08. The molecule has 0 heterocycles. The summed E-state index contributed by atoms with van der Waals surface area (Å²) in [5.74, 6) is 0.0514. The fourth-order valence-electron chi connectivity index (χ4n) is 1.21. The van der Waals surface area contributed by atoms with Crippen molar-refractivity contribution >= 4 is 17.3 Å². The molecule has 0 aliphatic carbocycles. The van der Waals surface area contributed by atoms with Crippen LogP contribution in [0.4, 0.5) is 11.4 Å². The van der Waals surface area contributed by atoms with Gasteiger partial charge in [-0.15, -0.1) is 0 Å². The maximum Gasteiger partial charge on any atom is 0.296 e. The van der Waals surface area contributed by atoms with E-state index in [1.807, 2.05) is 0 Å². The van der Waals surface area contributed by atoms with Crippen molar-refractivity contribution in [3.05, 3.63) is 28.3 Å². The number of nitro groups is 1. The maximum atomic E-state index is 10.8. The van der Waals surface area contributed by atoms with E-state index in [0.717, 1.165) is 0 Å². The molecule has 0 unspecified atom stereocenters. The fourth-order valence-corrected chi connectivity index (χ4v) is 1.21. The van der Waals surface area contributed by atoms with Gasteiger partial charge in [0.2, 0.25) is 5.91 Å². The normalized spacial score (nSPS) is 9.62. The average molecular weight is 224 g/mol. The van der Waals surface area contributed by atoms with Gasteiger partial charge < -0.3 is 10.1 Å². The smallest absolute Gasteiger partial charge is 0.296 e. The van der Waals surface area contributed by atoms with E-state index < -0.39 is 4.92 Å². The Kier molecular flexibility index (Phi) is 3.82. The highest BCUT2D eigenvalue weighted by atomic mass is 16.6. The minimum atomic E-state index is -0.562. The van der Waals surface area contributed by atoms with Crippen molar-refractivity contribution in [2.75, 3.05) is 11.9 Å². The first-order valence-corrected chi connectivity index (χ1v) is 4.73. The molecule has 0 saturated carbocycles. The van der Waals surface area contributed by atoms with Crippen LogP contribution in [0.1, 0.15) is 13.8 Å². The largest absolute Gasteiger partial charge is 0.494 e. The number of hydrogen-bond donors (Lipinski definition) is 1. The van der Waals surface area contributed by atoms with Crippen LogP contribution in [-0.2, 0) is 4.79 Å². The number of hydrogen-bond acceptors (Lipinski definition) is 4. The molecule has 6 heteroatoms. The molecule has 0 fully saturated rings. The third-order valence-corrected chi connectivity index (χ3v) is 1.79. The SMILES string of the molecule is CCOc1ccc(NC(C)=O)c([N+](=O)[O-])c1. The molecule has 86 valence electrons. The third kappa shape index (κ3) is 2.94. The number of carbonyl (C=O) groups excluding carboxylic acids is 1. The summed E-state index contributed by atoms with van der Waals surface area (Å²) < 4.78 is 5.14. The molecular weight excluding hydrogens is 212 g/mol. The summed E-state index contributed by atoms with van der Waals surface area (Å²) in [7, 11) is 0. The summed E-state index contributed by atoms with van der Waals surface area (Å²) in [6, 6.07) is 4.31. The first-order valence-electron chi connectivity index (χ1n) is 4.73. The highest BCUT2D eigenvalue weighted by Crippen LogP contribution is 2.28. The minimum Gasteiger partial charge on any atom is -0.494 e. The number of nitrogens with one attached hydrogen (secondary N) is 1. The zero-order valence-corrected chi connectivity index (χ0v) is 9.02.